The molecule has 108 valence electrons. The average molecular weight is 276 g/mol. The zero-order chi connectivity index (χ0) is 15.4. The third-order valence-electron chi connectivity index (χ3n) is 2.44. The molecule has 0 aromatic heterocycles. The second kappa shape index (κ2) is 10.6. The number of aliphatic carboxylic acids is 1. The number of carboxylic acids is 1. The first-order valence-corrected chi connectivity index (χ1v) is 6.16. The summed E-state index contributed by atoms with van der Waals surface area (Å²) in [5, 5.41) is 7.60. The maximum atomic E-state index is 11.0. The minimum atomic E-state index is -0.981. The minimum absolute atomic E-state index is 0.303. The summed E-state index contributed by atoms with van der Waals surface area (Å²) in [4.78, 5) is 20.3. The van der Waals surface area contributed by atoms with Gasteiger partial charge in [-0.1, -0.05) is 43.5 Å². The Morgan fingerprint density at radius 3 is 2.30 bits per heavy atom. The number of carbonyl (C=O) groups excluding carboxylic acids is 1. The summed E-state index contributed by atoms with van der Waals surface area (Å²) in [5.41, 5.74) is 1.84. The highest BCUT2D eigenvalue weighted by Crippen LogP contribution is 2.09. The standard InChI is InChI=1S/C13H16O2.C3H4O2/c1-11(13(14)15-2)7-6-10-12-8-4-3-5-9-12;1-2-3(4)5/h3-5,8-9H,1,6-7,10H2,2H3;2H,1H2,(H,4,5). The van der Waals surface area contributed by atoms with Gasteiger partial charge in [-0.2, -0.15) is 0 Å². The van der Waals surface area contributed by atoms with Crippen LogP contribution in [0.25, 0.3) is 0 Å². The summed E-state index contributed by atoms with van der Waals surface area (Å²) >= 11 is 0. The van der Waals surface area contributed by atoms with E-state index in [1.54, 1.807) is 0 Å². The van der Waals surface area contributed by atoms with Crippen molar-refractivity contribution in [3.63, 3.8) is 0 Å². The monoisotopic (exact) mass is 276 g/mol. The van der Waals surface area contributed by atoms with Gasteiger partial charge in [0.15, 0.2) is 0 Å². The number of benzene rings is 1. The van der Waals surface area contributed by atoms with Crippen molar-refractivity contribution >= 4 is 11.9 Å². The molecule has 4 nitrogen and oxygen atoms in total. The second-order valence-electron chi connectivity index (χ2n) is 3.98. The van der Waals surface area contributed by atoms with Crippen LogP contribution in [-0.2, 0) is 20.7 Å². The van der Waals surface area contributed by atoms with Gasteiger partial charge in [0.1, 0.15) is 0 Å². The van der Waals surface area contributed by atoms with Crippen LogP contribution in [-0.4, -0.2) is 24.2 Å². The van der Waals surface area contributed by atoms with E-state index in [-0.39, 0.29) is 5.97 Å². The molecule has 0 heterocycles. The van der Waals surface area contributed by atoms with Gasteiger partial charge in [0.2, 0.25) is 0 Å². The smallest absolute Gasteiger partial charge is 0.333 e. The SMILES string of the molecule is C=C(CCCc1ccccc1)C(=O)OC.C=CC(=O)O. The Labute approximate surface area is 119 Å². The fraction of sp³-hybridized carbons (Fsp3) is 0.250. The quantitative estimate of drug-likeness (QED) is 0.641. The number of carboxylic acid groups (broad SMARTS) is 1. The summed E-state index contributed by atoms with van der Waals surface area (Å²) in [7, 11) is 1.38. The van der Waals surface area contributed by atoms with E-state index in [1.807, 2.05) is 18.2 Å². The largest absolute Gasteiger partial charge is 0.478 e. The molecule has 0 saturated heterocycles. The fourth-order valence-electron chi connectivity index (χ4n) is 1.40. The molecular weight excluding hydrogens is 256 g/mol. The highest BCUT2D eigenvalue weighted by Gasteiger charge is 2.05. The van der Waals surface area contributed by atoms with Crippen molar-refractivity contribution in [2.45, 2.75) is 19.3 Å². The molecule has 1 N–H and O–H groups in total. The zero-order valence-electron chi connectivity index (χ0n) is 11.7. The number of aryl methyl sites for hydroxylation is 1. The Bertz CT molecular complexity index is 449. The molecule has 0 amide bonds. The van der Waals surface area contributed by atoms with Gasteiger partial charge >= 0.3 is 11.9 Å². The van der Waals surface area contributed by atoms with Crippen molar-refractivity contribution in [1.82, 2.24) is 0 Å². The molecule has 0 atom stereocenters. The van der Waals surface area contributed by atoms with Gasteiger partial charge in [0.05, 0.1) is 7.11 Å². The summed E-state index contributed by atoms with van der Waals surface area (Å²) in [5.74, 6) is -1.28. The van der Waals surface area contributed by atoms with Gasteiger partial charge in [-0.25, -0.2) is 9.59 Å². The predicted molar refractivity (Wildman–Crippen MR) is 78.4 cm³/mol. The number of hydrogen-bond acceptors (Lipinski definition) is 3. The molecule has 4 heteroatoms. The van der Waals surface area contributed by atoms with Crippen LogP contribution in [0, 0.1) is 0 Å². The fourth-order valence-corrected chi connectivity index (χ4v) is 1.40. The van der Waals surface area contributed by atoms with E-state index in [9.17, 15) is 9.59 Å². The number of ether oxygens (including phenoxy) is 1. The first-order valence-electron chi connectivity index (χ1n) is 6.16. The zero-order valence-corrected chi connectivity index (χ0v) is 11.7. The molecule has 1 aromatic rings. The Kier molecular flexibility index (Phi) is 9.31. The van der Waals surface area contributed by atoms with Crippen LogP contribution in [0.1, 0.15) is 18.4 Å². The van der Waals surface area contributed by atoms with E-state index in [0.717, 1.165) is 18.9 Å². The van der Waals surface area contributed by atoms with Crippen LogP contribution in [0.5, 0.6) is 0 Å². The predicted octanol–water partition coefficient (Wildman–Crippen LogP) is 3.00. The van der Waals surface area contributed by atoms with Gasteiger partial charge in [-0.15, -0.1) is 0 Å². The Morgan fingerprint density at radius 1 is 1.30 bits per heavy atom. The third-order valence-corrected chi connectivity index (χ3v) is 2.44. The molecule has 0 aliphatic rings. The van der Waals surface area contributed by atoms with E-state index < -0.39 is 5.97 Å². The van der Waals surface area contributed by atoms with Gasteiger partial charge in [0, 0.05) is 11.6 Å². The third kappa shape index (κ3) is 8.69. The molecule has 1 rings (SSSR count). The number of hydrogen-bond donors (Lipinski definition) is 1. The molecule has 0 radical (unpaired) electrons. The molecule has 0 saturated carbocycles. The van der Waals surface area contributed by atoms with Crippen LogP contribution in [0.3, 0.4) is 0 Å². The van der Waals surface area contributed by atoms with Crippen LogP contribution in [0.4, 0.5) is 0 Å². The minimum Gasteiger partial charge on any atom is -0.478 e. The summed E-state index contributed by atoms with van der Waals surface area (Å²) in [6.07, 6.45) is 3.43. The molecular formula is C16H20O4. The lowest BCUT2D eigenvalue weighted by atomic mass is 10.1. The van der Waals surface area contributed by atoms with Gasteiger partial charge in [-0.3, -0.25) is 0 Å². The first-order chi connectivity index (χ1) is 9.51. The van der Waals surface area contributed by atoms with E-state index >= 15 is 0 Å². The molecule has 1 aromatic carbocycles. The van der Waals surface area contributed by atoms with E-state index in [2.05, 4.69) is 30.0 Å². The van der Waals surface area contributed by atoms with E-state index in [1.165, 1.54) is 12.7 Å². The number of methoxy groups -OCH3 is 1. The Morgan fingerprint density at radius 2 is 1.85 bits per heavy atom. The molecule has 20 heavy (non-hydrogen) atoms. The topological polar surface area (TPSA) is 63.6 Å². The molecule has 0 spiro atoms. The maximum absolute atomic E-state index is 11.0. The summed E-state index contributed by atoms with van der Waals surface area (Å²) in [6.45, 7) is 6.64. The number of esters is 1. The lowest BCUT2D eigenvalue weighted by Crippen LogP contribution is -2.03. The summed E-state index contributed by atoms with van der Waals surface area (Å²) in [6, 6.07) is 10.2. The van der Waals surface area contributed by atoms with Crippen LogP contribution >= 0.6 is 0 Å². The van der Waals surface area contributed by atoms with Gasteiger partial charge in [-0.05, 0) is 24.8 Å². The lowest BCUT2D eigenvalue weighted by Gasteiger charge is -2.03. The molecule has 0 aliphatic heterocycles. The van der Waals surface area contributed by atoms with Crippen molar-refractivity contribution in [3.8, 4) is 0 Å². The van der Waals surface area contributed by atoms with Crippen molar-refractivity contribution in [1.29, 1.82) is 0 Å². The van der Waals surface area contributed by atoms with Gasteiger partial charge in [0.25, 0.3) is 0 Å². The van der Waals surface area contributed by atoms with Crippen molar-refractivity contribution in [3.05, 3.63) is 60.7 Å². The highest BCUT2D eigenvalue weighted by molar-refractivity contribution is 5.87. The van der Waals surface area contributed by atoms with Crippen molar-refractivity contribution in [2.24, 2.45) is 0 Å². The second-order valence-corrected chi connectivity index (χ2v) is 3.98. The Hall–Kier alpha value is -2.36. The molecule has 0 aliphatic carbocycles. The molecule has 0 unspecified atom stereocenters. The van der Waals surface area contributed by atoms with Gasteiger partial charge < -0.3 is 9.84 Å². The Balaban J connectivity index is 0.000000621. The number of rotatable bonds is 6. The average Bonchev–Trinajstić information content (AvgIpc) is 2.47. The van der Waals surface area contributed by atoms with Crippen LogP contribution in [0.15, 0.2) is 55.1 Å². The molecule has 0 bridgehead atoms. The van der Waals surface area contributed by atoms with Crippen molar-refractivity contribution < 1.29 is 19.4 Å². The maximum Gasteiger partial charge on any atom is 0.333 e. The van der Waals surface area contributed by atoms with E-state index in [4.69, 9.17) is 5.11 Å². The number of carbonyl (C=O) groups is 2. The lowest BCUT2D eigenvalue weighted by molar-refractivity contribution is -0.136. The first kappa shape index (κ1) is 17.6. The van der Waals surface area contributed by atoms with Crippen LogP contribution < -0.4 is 0 Å². The highest BCUT2D eigenvalue weighted by atomic mass is 16.5. The molecule has 0 fully saturated rings. The normalized spacial score (nSPS) is 8.85. The van der Waals surface area contributed by atoms with E-state index in [0.29, 0.717) is 12.0 Å². The summed E-state index contributed by atoms with van der Waals surface area (Å²) < 4.78 is 4.58. The van der Waals surface area contributed by atoms with Crippen molar-refractivity contribution in [2.75, 3.05) is 7.11 Å². The van der Waals surface area contributed by atoms with Crippen LogP contribution in [0.2, 0.25) is 0 Å².